The van der Waals surface area contributed by atoms with Gasteiger partial charge in [-0.25, -0.2) is 10.2 Å². The minimum atomic E-state index is -0.524. The van der Waals surface area contributed by atoms with Gasteiger partial charge in [0.15, 0.2) is 0 Å². The molecule has 8 heteroatoms. The summed E-state index contributed by atoms with van der Waals surface area (Å²) in [6, 6.07) is 26.7. The molecule has 0 aliphatic carbocycles. The SMILES string of the molecule is CCOc1ccc(C(=O)Oc2ccc(Br)cc2/C=N\NC(=O)c2ccc(OCc3ccc(C)cc3)cc2)cc1. The van der Waals surface area contributed by atoms with Gasteiger partial charge in [0.05, 0.1) is 18.4 Å². The summed E-state index contributed by atoms with van der Waals surface area (Å²) < 4.78 is 17.6. The first-order valence-corrected chi connectivity index (χ1v) is 13.1. The maximum absolute atomic E-state index is 12.7. The number of esters is 1. The molecular weight excluding hydrogens is 560 g/mol. The Bertz CT molecular complexity index is 1450. The molecule has 0 fully saturated rings. The molecule has 39 heavy (non-hydrogen) atoms. The van der Waals surface area contributed by atoms with Crippen LogP contribution in [0.4, 0.5) is 0 Å². The predicted octanol–water partition coefficient (Wildman–Crippen LogP) is 6.72. The second kappa shape index (κ2) is 13.4. The number of hydrogen-bond acceptors (Lipinski definition) is 6. The lowest BCUT2D eigenvalue weighted by Gasteiger charge is -2.09. The number of hydrogen-bond donors (Lipinski definition) is 1. The maximum Gasteiger partial charge on any atom is 0.343 e. The zero-order valence-electron chi connectivity index (χ0n) is 21.5. The third-order valence-electron chi connectivity index (χ3n) is 5.59. The fourth-order valence-electron chi connectivity index (χ4n) is 3.50. The van der Waals surface area contributed by atoms with Crippen LogP contribution in [-0.4, -0.2) is 24.7 Å². The Balaban J connectivity index is 1.35. The van der Waals surface area contributed by atoms with E-state index in [1.165, 1.54) is 11.8 Å². The summed E-state index contributed by atoms with van der Waals surface area (Å²) in [4.78, 5) is 25.2. The molecule has 0 heterocycles. The lowest BCUT2D eigenvalue weighted by atomic mass is 10.2. The molecule has 0 saturated heterocycles. The van der Waals surface area contributed by atoms with Crippen LogP contribution < -0.4 is 19.6 Å². The van der Waals surface area contributed by atoms with Crippen molar-refractivity contribution < 1.29 is 23.8 Å². The third kappa shape index (κ3) is 8.02. The number of benzene rings is 4. The smallest absolute Gasteiger partial charge is 0.343 e. The zero-order chi connectivity index (χ0) is 27.6. The monoisotopic (exact) mass is 586 g/mol. The molecule has 1 N–H and O–H groups in total. The van der Waals surface area contributed by atoms with Gasteiger partial charge in [-0.1, -0.05) is 45.8 Å². The van der Waals surface area contributed by atoms with Crippen molar-refractivity contribution in [2.45, 2.75) is 20.5 Å². The van der Waals surface area contributed by atoms with Crippen LogP contribution in [0.2, 0.25) is 0 Å². The van der Waals surface area contributed by atoms with Crippen molar-refractivity contribution in [2.24, 2.45) is 5.10 Å². The Hall–Kier alpha value is -4.43. The number of halogens is 1. The molecule has 0 aliphatic heterocycles. The first-order valence-electron chi connectivity index (χ1n) is 12.3. The average molecular weight is 587 g/mol. The normalized spacial score (nSPS) is 10.7. The van der Waals surface area contributed by atoms with Gasteiger partial charge in [-0.2, -0.15) is 5.10 Å². The highest BCUT2D eigenvalue weighted by Crippen LogP contribution is 2.23. The van der Waals surface area contributed by atoms with E-state index in [0.717, 1.165) is 10.0 Å². The van der Waals surface area contributed by atoms with E-state index in [0.29, 0.717) is 47.2 Å². The highest BCUT2D eigenvalue weighted by atomic mass is 79.9. The second-order valence-electron chi connectivity index (χ2n) is 8.53. The molecule has 0 radical (unpaired) electrons. The number of hydrazone groups is 1. The van der Waals surface area contributed by atoms with Gasteiger partial charge in [0.25, 0.3) is 5.91 Å². The van der Waals surface area contributed by atoms with Gasteiger partial charge in [-0.15, -0.1) is 0 Å². The van der Waals surface area contributed by atoms with Crippen molar-refractivity contribution in [1.82, 2.24) is 5.43 Å². The number of carbonyl (C=O) groups is 2. The van der Waals surface area contributed by atoms with Crippen molar-refractivity contribution in [3.63, 3.8) is 0 Å². The summed E-state index contributed by atoms with van der Waals surface area (Å²) >= 11 is 3.41. The molecule has 0 aliphatic rings. The number of amides is 1. The van der Waals surface area contributed by atoms with E-state index in [9.17, 15) is 9.59 Å². The van der Waals surface area contributed by atoms with Gasteiger partial charge < -0.3 is 14.2 Å². The molecule has 0 aromatic heterocycles. The van der Waals surface area contributed by atoms with E-state index < -0.39 is 5.97 Å². The topological polar surface area (TPSA) is 86.2 Å². The number of aryl methyl sites for hydroxylation is 1. The standard InChI is InChI=1S/C31H27BrN2O5/c1-3-37-27-15-10-24(11-16-27)31(36)39-29-17-12-26(32)18-25(29)19-33-34-30(35)23-8-13-28(14-9-23)38-20-22-6-4-21(2)5-7-22/h4-19H,3,20H2,1-2H3,(H,34,35)/b33-19-. The zero-order valence-corrected chi connectivity index (χ0v) is 23.1. The van der Waals surface area contributed by atoms with E-state index in [1.807, 2.05) is 38.1 Å². The average Bonchev–Trinajstić information content (AvgIpc) is 2.95. The van der Waals surface area contributed by atoms with Crippen LogP contribution >= 0.6 is 15.9 Å². The van der Waals surface area contributed by atoms with Gasteiger partial charge in [-0.3, -0.25) is 4.79 Å². The molecule has 4 rings (SSSR count). The van der Waals surface area contributed by atoms with E-state index in [2.05, 4.69) is 26.5 Å². The fraction of sp³-hybridized carbons (Fsp3) is 0.129. The van der Waals surface area contributed by atoms with Gasteiger partial charge >= 0.3 is 5.97 Å². The minimum absolute atomic E-state index is 0.296. The molecule has 0 spiro atoms. The largest absolute Gasteiger partial charge is 0.494 e. The first-order chi connectivity index (χ1) is 18.9. The number of nitrogens with one attached hydrogen (secondary N) is 1. The van der Waals surface area contributed by atoms with Crippen molar-refractivity contribution in [2.75, 3.05) is 6.61 Å². The third-order valence-corrected chi connectivity index (χ3v) is 6.08. The Morgan fingerprint density at radius 2 is 1.49 bits per heavy atom. The Morgan fingerprint density at radius 3 is 2.15 bits per heavy atom. The van der Waals surface area contributed by atoms with Crippen molar-refractivity contribution in [1.29, 1.82) is 0 Å². The number of rotatable bonds is 10. The van der Waals surface area contributed by atoms with Crippen LogP contribution in [0.3, 0.4) is 0 Å². The van der Waals surface area contributed by atoms with E-state index in [4.69, 9.17) is 14.2 Å². The lowest BCUT2D eigenvalue weighted by Crippen LogP contribution is -2.17. The highest BCUT2D eigenvalue weighted by molar-refractivity contribution is 9.10. The Labute approximate surface area is 235 Å². The first kappa shape index (κ1) is 27.6. The predicted molar refractivity (Wildman–Crippen MR) is 154 cm³/mol. The van der Waals surface area contributed by atoms with Crippen LogP contribution in [0.5, 0.6) is 17.2 Å². The van der Waals surface area contributed by atoms with Crippen molar-refractivity contribution in [3.05, 3.63) is 123 Å². The fourth-order valence-corrected chi connectivity index (χ4v) is 3.88. The highest BCUT2D eigenvalue weighted by Gasteiger charge is 2.12. The van der Waals surface area contributed by atoms with Gasteiger partial charge in [0.2, 0.25) is 0 Å². The number of carbonyl (C=O) groups excluding carboxylic acids is 2. The van der Waals surface area contributed by atoms with Crippen LogP contribution in [0.15, 0.2) is 101 Å². The van der Waals surface area contributed by atoms with Crippen molar-refractivity contribution >= 4 is 34.0 Å². The molecule has 0 saturated carbocycles. The summed E-state index contributed by atoms with van der Waals surface area (Å²) in [5.74, 6) is 0.711. The maximum atomic E-state index is 12.7. The molecule has 198 valence electrons. The molecular formula is C31H27BrN2O5. The van der Waals surface area contributed by atoms with E-state index >= 15 is 0 Å². The molecule has 0 unspecified atom stereocenters. The van der Waals surface area contributed by atoms with Crippen LogP contribution in [0, 0.1) is 6.92 Å². The Morgan fingerprint density at radius 1 is 0.846 bits per heavy atom. The minimum Gasteiger partial charge on any atom is -0.494 e. The summed E-state index contributed by atoms with van der Waals surface area (Å²) in [6.07, 6.45) is 1.42. The number of nitrogens with zero attached hydrogens (tertiary/aromatic N) is 1. The quantitative estimate of drug-likeness (QED) is 0.0964. The van der Waals surface area contributed by atoms with Crippen LogP contribution in [0.25, 0.3) is 0 Å². The summed E-state index contributed by atoms with van der Waals surface area (Å²) in [6.45, 7) is 4.90. The molecule has 1 amide bonds. The molecule has 4 aromatic rings. The molecule has 7 nitrogen and oxygen atoms in total. The Kier molecular flexibility index (Phi) is 9.48. The van der Waals surface area contributed by atoms with Crippen LogP contribution in [0.1, 0.15) is 44.3 Å². The summed E-state index contributed by atoms with van der Waals surface area (Å²) in [5, 5.41) is 4.05. The summed E-state index contributed by atoms with van der Waals surface area (Å²) in [7, 11) is 0. The van der Waals surface area contributed by atoms with E-state index in [-0.39, 0.29) is 5.91 Å². The van der Waals surface area contributed by atoms with Gasteiger partial charge in [-0.05, 0) is 86.1 Å². The molecule has 0 atom stereocenters. The van der Waals surface area contributed by atoms with Gasteiger partial charge in [0.1, 0.15) is 23.9 Å². The lowest BCUT2D eigenvalue weighted by molar-refractivity contribution is 0.0734. The molecule has 4 aromatic carbocycles. The molecule has 0 bridgehead atoms. The van der Waals surface area contributed by atoms with Crippen LogP contribution in [-0.2, 0) is 6.61 Å². The van der Waals surface area contributed by atoms with Gasteiger partial charge in [0, 0.05) is 15.6 Å². The number of ether oxygens (including phenoxy) is 3. The van der Waals surface area contributed by atoms with E-state index in [1.54, 1.807) is 66.7 Å². The summed E-state index contributed by atoms with van der Waals surface area (Å²) in [5.41, 5.74) is 6.06. The van der Waals surface area contributed by atoms with Crippen molar-refractivity contribution in [3.8, 4) is 17.2 Å². The second-order valence-corrected chi connectivity index (χ2v) is 9.44.